The molecule has 1 amide bonds. The number of hydrogen-bond acceptors (Lipinski definition) is 3. The van der Waals surface area contributed by atoms with Crippen LogP contribution in [0.4, 0.5) is 0 Å². The van der Waals surface area contributed by atoms with Gasteiger partial charge in [-0.2, -0.15) is 0 Å². The van der Waals surface area contributed by atoms with Gasteiger partial charge in [0.1, 0.15) is 6.04 Å². The van der Waals surface area contributed by atoms with Crippen molar-refractivity contribution in [1.29, 1.82) is 0 Å². The summed E-state index contributed by atoms with van der Waals surface area (Å²) < 4.78 is 2.03. The number of fused-ring (bicyclic) bond motifs is 2. The maximum absolute atomic E-state index is 13.6. The predicted molar refractivity (Wildman–Crippen MR) is 102 cm³/mol. The average Bonchev–Trinajstić information content (AvgIpc) is 3.34. The first-order valence-corrected chi connectivity index (χ1v) is 9.02. The summed E-state index contributed by atoms with van der Waals surface area (Å²) in [6.45, 7) is 0.624. The fraction of sp³-hybridized carbons (Fsp3) is 0.190. The molecule has 0 spiro atoms. The lowest BCUT2D eigenvalue weighted by molar-refractivity contribution is 0.0689. The summed E-state index contributed by atoms with van der Waals surface area (Å²) in [5.41, 5.74) is 4.56. The molecule has 0 saturated heterocycles. The maximum Gasteiger partial charge on any atom is 0.255 e. The van der Waals surface area contributed by atoms with Crippen LogP contribution in [0.2, 0.25) is 0 Å². The number of hydrogen-bond donors (Lipinski definition) is 1. The van der Waals surface area contributed by atoms with Crippen LogP contribution >= 0.6 is 0 Å². The number of aromatic nitrogens is 4. The highest BCUT2D eigenvalue weighted by Gasteiger charge is 2.35. The number of carbonyl (C=O) groups is 1. The van der Waals surface area contributed by atoms with E-state index in [9.17, 15) is 4.79 Å². The van der Waals surface area contributed by atoms with Gasteiger partial charge in [0, 0.05) is 54.6 Å². The van der Waals surface area contributed by atoms with E-state index in [1.165, 1.54) is 0 Å². The molecule has 6 heteroatoms. The largest absolute Gasteiger partial charge is 0.351 e. The Bertz CT molecular complexity index is 1130. The van der Waals surface area contributed by atoms with Crippen LogP contribution in [-0.4, -0.2) is 36.9 Å². The molecule has 0 saturated carbocycles. The fourth-order valence-corrected chi connectivity index (χ4v) is 3.98. The van der Waals surface area contributed by atoms with Gasteiger partial charge in [-0.3, -0.25) is 9.78 Å². The lowest BCUT2D eigenvalue weighted by Gasteiger charge is -2.34. The summed E-state index contributed by atoms with van der Waals surface area (Å²) in [5, 5.41) is 0.970. The zero-order valence-corrected chi connectivity index (χ0v) is 15.0. The molecule has 134 valence electrons. The smallest absolute Gasteiger partial charge is 0.255 e. The van der Waals surface area contributed by atoms with Gasteiger partial charge in [-0.1, -0.05) is 12.1 Å². The van der Waals surface area contributed by atoms with Crippen LogP contribution in [0.5, 0.6) is 0 Å². The second-order valence-electron chi connectivity index (χ2n) is 6.84. The van der Waals surface area contributed by atoms with Gasteiger partial charge in [-0.15, -0.1) is 0 Å². The predicted octanol–water partition coefficient (Wildman–Crippen LogP) is 3.08. The molecule has 0 aliphatic carbocycles. The normalized spacial score (nSPS) is 16.5. The molecule has 0 bridgehead atoms. The van der Waals surface area contributed by atoms with E-state index in [0.717, 1.165) is 34.4 Å². The first-order chi connectivity index (χ1) is 13.2. The minimum absolute atomic E-state index is 0.0103. The van der Waals surface area contributed by atoms with Gasteiger partial charge in [-0.25, -0.2) is 4.98 Å². The molecule has 0 radical (unpaired) electrons. The number of nitrogens with one attached hydrogen (secondary N) is 1. The molecular formula is C21H19N5O. The van der Waals surface area contributed by atoms with Gasteiger partial charge in [0.2, 0.25) is 0 Å². The zero-order valence-electron chi connectivity index (χ0n) is 15.0. The van der Waals surface area contributed by atoms with Crippen LogP contribution in [0.15, 0.2) is 61.2 Å². The van der Waals surface area contributed by atoms with Crippen LogP contribution in [-0.2, 0) is 13.5 Å². The van der Waals surface area contributed by atoms with Crippen molar-refractivity contribution in [2.24, 2.45) is 7.05 Å². The number of benzene rings is 1. The monoisotopic (exact) mass is 357 g/mol. The third kappa shape index (κ3) is 2.44. The molecule has 1 unspecified atom stereocenters. The third-order valence-corrected chi connectivity index (χ3v) is 5.31. The van der Waals surface area contributed by atoms with Crippen LogP contribution < -0.4 is 0 Å². The van der Waals surface area contributed by atoms with Crippen molar-refractivity contribution in [1.82, 2.24) is 24.4 Å². The number of H-pyrrole nitrogens is 1. The average molecular weight is 357 g/mol. The van der Waals surface area contributed by atoms with Crippen LogP contribution in [0.25, 0.3) is 10.9 Å². The minimum atomic E-state index is -0.285. The van der Waals surface area contributed by atoms with Gasteiger partial charge in [0.05, 0.1) is 17.7 Å². The minimum Gasteiger partial charge on any atom is -0.351 e. The molecule has 5 rings (SSSR count). The highest BCUT2D eigenvalue weighted by molar-refractivity contribution is 6.06. The quantitative estimate of drug-likeness (QED) is 0.599. The Hall–Kier alpha value is -3.41. The number of aromatic amines is 1. The highest BCUT2D eigenvalue weighted by Crippen LogP contribution is 2.34. The maximum atomic E-state index is 13.6. The highest BCUT2D eigenvalue weighted by atomic mass is 16.2. The summed E-state index contributed by atoms with van der Waals surface area (Å²) >= 11 is 0. The zero-order chi connectivity index (χ0) is 18.4. The number of carbonyl (C=O) groups excluding carboxylic acids is 1. The molecule has 0 fully saturated rings. The Morgan fingerprint density at radius 1 is 1.15 bits per heavy atom. The topological polar surface area (TPSA) is 66.8 Å². The fourth-order valence-electron chi connectivity index (χ4n) is 3.98. The molecule has 6 nitrogen and oxygen atoms in total. The van der Waals surface area contributed by atoms with Crippen molar-refractivity contribution in [3.63, 3.8) is 0 Å². The molecule has 3 aromatic heterocycles. The Labute approximate surface area is 156 Å². The van der Waals surface area contributed by atoms with Gasteiger partial charge in [0.15, 0.2) is 0 Å². The molecule has 27 heavy (non-hydrogen) atoms. The van der Waals surface area contributed by atoms with E-state index in [2.05, 4.69) is 15.0 Å². The molecule has 1 aliphatic heterocycles. The summed E-state index contributed by atoms with van der Waals surface area (Å²) in [6.07, 6.45) is 6.21. The standard InChI is InChI=1S/C21H19N5O/c1-25-11-8-14-15(5-4-7-18(14)25)21(27)26-12-9-16-19(24-13-23-16)20(26)17-6-2-3-10-22-17/h2-8,10-11,13,20H,9,12H2,1H3,(H,23,24). The molecule has 4 aromatic rings. The molecule has 1 atom stereocenters. The van der Waals surface area contributed by atoms with Gasteiger partial charge >= 0.3 is 0 Å². The first-order valence-electron chi connectivity index (χ1n) is 9.02. The summed E-state index contributed by atoms with van der Waals surface area (Å²) in [4.78, 5) is 27.7. The van der Waals surface area contributed by atoms with Crippen molar-refractivity contribution in [3.8, 4) is 0 Å². The van der Waals surface area contributed by atoms with Crippen LogP contribution in [0, 0.1) is 0 Å². The third-order valence-electron chi connectivity index (χ3n) is 5.31. The van der Waals surface area contributed by atoms with E-state index in [1.807, 2.05) is 65.2 Å². The van der Waals surface area contributed by atoms with E-state index >= 15 is 0 Å². The molecule has 1 aliphatic rings. The van der Waals surface area contributed by atoms with E-state index in [4.69, 9.17) is 0 Å². The van der Waals surface area contributed by atoms with Crippen molar-refractivity contribution in [2.45, 2.75) is 12.5 Å². The van der Waals surface area contributed by atoms with Crippen LogP contribution in [0.3, 0.4) is 0 Å². The number of imidazole rings is 1. The molecule has 4 heterocycles. The second-order valence-corrected chi connectivity index (χ2v) is 6.84. The Balaban J connectivity index is 1.63. The SMILES string of the molecule is Cn1ccc2c(C(=O)N3CCc4[nH]cnc4C3c3ccccn3)cccc21. The Kier molecular flexibility index (Phi) is 3.57. The number of rotatable bonds is 2. The molecule has 1 aromatic carbocycles. The molecule has 1 N–H and O–H groups in total. The van der Waals surface area contributed by atoms with Crippen molar-refractivity contribution < 1.29 is 4.79 Å². The van der Waals surface area contributed by atoms with E-state index in [1.54, 1.807) is 12.5 Å². The molecular weight excluding hydrogens is 338 g/mol. The van der Waals surface area contributed by atoms with E-state index in [0.29, 0.717) is 12.1 Å². The first kappa shape index (κ1) is 15.8. The van der Waals surface area contributed by atoms with Gasteiger partial charge < -0.3 is 14.5 Å². The van der Waals surface area contributed by atoms with Crippen molar-refractivity contribution >= 4 is 16.8 Å². The van der Waals surface area contributed by atoms with Crippen LogP contribution in [0.1, 0.15) is 33.5 Å². The number of nitrogens with zero attached hydrogens (tertiary/aromatic N) is 4. The Morgan fingerprint density at radius 3 is 2.93 bits per heavy atom. The lowest BCUT2D eigenvalue weighted by Crippen LogP contribution is -2.41. The van der Waals surface area contributed by atoms with Gasteiger partial charge in [0.25, 0.3) is 5.91 Å². The van der Waals surface area contributed by atoms with E-state index in [-0.39, 0.29) is 11.9 Å². The van der Waals surface area contributed by atoms with Gasteiger partial charge in [-0.05, 0) is 30.3 Å². The second kappa shape index (κ2) is 6.09. The number of amides is 1. The summed E-state index contributed by atoms with van der Waals surface area (Å²) in [6, 6.07) is 13.4. The Morgan fingerprint density at radius 2 is 2.07 bits per heavy atom. The summed E-state index contributed by atoms with van der Waals surface area (Å²) in [5.74, 6) is 0.0103. The van der Waals surface area contributed by atoms with E-state index < -0.39 is 0 Å². The lowest BCUT2D eigenvalue weighted by atomic mass is 9.97. The van der Waals surface area contributed by atoms with Crippen molar-refractivity contribution in [3.05, 3.63) is 83.8 Å². The van der Waals surface area contributed by atoms with Crippen molar-refractivity contribution in [2.75, 3.05) is 6.54 Å². The summed E-state index contributed by atoms with van der Waals surface area (Å²) in [7, 11) is 1.99. The number of pyridine rings is 1. The number of aryl methyl sites for hydroxylation is 1.